The minimum Gasteiger partial charge on any atom is -0.461 e. The van der Waals surface area contributed by atoms with E-state index in [1.54, 1.807) is 31.5 Å². The van der Waals surface area contributed by atoms with E-state index in [0.29, 0.717) is 0 Å². The molecule has 134 valence electrons. The average molecular weight is 348 g/mol. The van der Waals surface area contributed by atoms with Crippen LogP contribution in [-0.2, 0) is 19.1 Å². The highest BCUT2D eigenvalue weighted by Gasteiger charge is 2.37. The second kappa shape index (κ2) is 8.27. The van der Waals surface area contributed by atoms with Crippen molar-refractivity contribution in [3.63, 3.8) is 0 Å². The lowest BCUT2D eigenvalue weighted by molar-refractivity contribution is -0.151. The molecule has 1 aliphatic heterocycles. The largest absolute Gasteiger partial charge is 0.461 e. The van der Waals surface area contributed by atoms with E-state index in [2.05, 4.69) is 6.58 Å². The number of aromatic nitrogens is 1. The summed E-state index contributed by atoms with van der Waals surface area (Å²) in [5, 5.41) is 0. The first-order chi connectivity index (χ1) is 12.0. The van der Waals surface area contributed by atoms with Gasteiger partial charge in [-0.1, -0.05) is 19.6 Å². The molecule has 2 amide bonds. The van der Waals surface area contributed by atoms with Gasteiger partial charge in [0, 0.05) is 24.7 Å². The summed E-state index contributed by atoms with van der Waals surface area (Å²) in [6.07, 6.45) is 3.45. The first kappa shape index (κ1) is 18.4. The molecule has 1 saturated heterocycles. The summed E-state index contributed by atoms with van der Waals surface area (Å²) in [6, 6.07) is 3.36. The van der Waals surface area contributed by atoms with Crippen molar-refractivity contribution in [1.29, 1.82) is 0 Å². The van der Waals surface area contributed by atoms with Crippen molar-refractivity contribution in [1.82, 2.24) is 9.47 Å². The molecule has 0 spiro atoms. The summed E-state index contributed by atoms with van der Waals surface area (Å²) in [7, 11) is 0. The van der Waals surface area contributed by atoms with Crippen LogP contribution in [-0.4, -0.2) is 53.1 Å². The normalized spacial score (nSPS) is 16.0. The van der Waals surface area contributed by atoms with Crippen LogP contribution in [0, 0.1) is 11.8 Å². The average Bonchev–Trinajstić information content (AvgIpc) is 3.27. The van der Waals surface area contributed by atoms with Crippen LogP contribution in [0.5, 0.6) is 0 Å². The molecular weight excluding hydrogens is 328 g/mol. The van der Waals surface area contributed by atoms with Crippen LogP contribution in [0.15, 0.2) is 37.2 Å². The third-order valence-corrected chi connectivity index (χ3v) is 3.95. The Morgan fingerprint density at radius 2 is 2.04 bits per heavy atom. The Kier molecular flexibility index (Phi) is 6.10. The van der Waals surface area contributed by atoms with Crippen molar-refractivity contribution in [2.45, 2.75) is 13.3 Å². The summed E-state index contributed by atoms with van der Waals surface area (Å²) >= 11 is 0. The fourth-order valence-corrected chi connectivity index (χ4v) is 2.52. The van der Waals surface area contributed by atoms with E-state index in [1.807, 2.05) is 0 Å². The molecule has 1 aromatic rings. The number of carbonyl (C=O) groups excluding carboxylic acids is 4. The zero-order chi connectivity index (χ0) is 18.4. The molecule has 2 atom stereocenters. The molecular formula is C17H20N2O6. The minimum absolute atomic E-state index is 0.0281. The number of cyclic esters (lactones) is 1. The van der Waals surface area contributed by atoms with E-state index < -0.39 is 29.8 Å². The zero-order valence-electron chi connectivity index (χ0n) is 13.9. The summed E-state index contributed by atoms with van der Waals surface area (Å²) in [4.78, 5) is 49.6. The SMILES string of the molecule is C=CCOC(=O)[C@@H](CC(=O)N1CCOC1=O)[C@H](C)C(=O)n1cccc1. The maximum atomic E-state index is 12.5. The van der Waals surface area contributed by atoms with Crippen molar-refractivity contribution in [2.24, 2.45) is 11.8 Å². The lowest BCUT2D eigenvalue weighted by Gasteiger charge is -2.22. The molecule has 0 radical (unpaired) electrons. The standard InChI is InChI=1S/C17H20N2O6/c1-3-9-24-16(22)13(11-14(20)19-8-10-25-17(19)23)12(2)15(21)18-6-4-5-7-18/h3-7,12-13H,1,8-11H2,2H3/t12-,13-/m0/s1. The van der Waals surface area contributed by atoms with Gasteiger partial charge in [-0.15, -0.1) is 0 Å². The fraction of sp³-hybridized carbons (Fsp3) is 0.412. The van der Waals surface area contributed by atoms with Crippen molar-refractivity contribution in [2.75, 3.05) is 19.8 Å². The Morgan fingerprint density at radius 3 is 2.60 bits per heavy atom. The number of hydrogen-bond acceptors (Lipinski definition) is 6. The van der Waals surface area contributed by atoms with Gasteiger partial charge in [0.1, 0.15) is 13.2 Å². The van der Waals surface area contributed by atoms with Crippen molar-refractivity contribution in [3.8, 4) is 0 Å². The second-order valence-corrected chi connectivity index (χ2v) is 5.61. The summed E-state index contributed by atoms with van der Waals surface area (Å²) in [5.74, 6) is -3.44. The highest BCUT2D eigenvalue weighted by molar-refractivity contribution is 5.96. The molecule has 1 fully saturated rings. The molecule has 1 aromatic heterocycles. The first-order valence-corrected chi connectivity index (χ1v) is 7.87. The van der Waals surface area contributed by atoms with Gasteiger partial charge in [-0.3, -0.25) is 19.0 Å². The van der Waals surface area contributed by atoms with E-state index in [9.17, 15) is 19.2 Å². The second-order valence-electron chi connectivity index (χ2n) is 5.61. The van der Waals surface area contributed by atoms with Gasteiger partial charge in [0.25, 0.3) is 0 Å². The van der Waals surface area contributed by atoms with E-state index >= 15 is 0 Å². The number of amides is 2. The van der Waals surface area contributed by atoms with Gasteiger partial charge < -0.3 is 9.47 Å². The van der Waals surface area contributed by atoms with E-state index in [0.717, 1.165) is 4.90 Å². The topological polar surface area (TPSA) is 94.9 Å². The lowest BCUT2D eigenvalue weighted by Crippen LogP contribution is -2.39. The Hall–Kier alpha value is -2.90. The zero-order valence-corrected chi connectivity index (χ0v) is 13.9. The number of imide groups is 1. The first-order valence-electron chi connectivity index (χ1n) is 7.87. The predicted octanol–water partition coefficient (Wildman–Crippen LogP) is 1.48. The Labute approximate surface area is 145 Å². The third kappa shape index (κ3) is 4.34. The molecule has 0 saturated carbocycles. The maximum absolute atomic E-state index is 12.5. The quantitative estimate of drug-likeness (QED) is 0.547. The van der Waals surface area contributed by atoms with Gasteiger partial charge in [-0.25, -0.2) is 9.69 Å². The van der Waals surface area contributed by atoms with Crippen molar-refractivity contribution in [3.05, 3.63) is 37.2 Å². The summed E-state index contributed by atoms with van der Waals surface area (Å²) in [5.41, 5.74) is 0. The van der Waals surface area contributed by atoms with Gasteiger partial charge in [-0.2, -0.15) is 0 Å². The Morgan fingerprint density at radius 1 is 1.36 bits per heavy atom. The number of ether oxygens (including phenoxy) is 2. The van der Waals surface area contributed by atoms with Gasteiger partial charge >= 0.3 is 12.1 Å². The molecule has 2 heterocycles. The smallest absolute Gasteiger partial charge is 0.416 e. The molecule has 0 bridgehead atoms. The molecule has 8 heteroatoms. The molecule has 25 heavy (non-hydrogen) atoms. The molecule has 0 N–H and O–H groups in total. The van der Waals surface area contributed by atoms with Gasteiger partial charge in [0.15, 0.2) is 0 Å². The number of esters is 1. The van der Waals surface area contributed by atoms with Gasteiger partial charge in [-0.05, 0) is 12.1 Å². The van der Waals surface area contributed by atoms with Crippen LogP contribution < -0.4 is 0 Å². The van der Waals surface area contributed by atoms with E-state index in [-0.39, 0.29) is 32.1 Å². The third-order valence-electron chi connectivity index (χ3n) is 3.95. The molecule has 8 nitrogen and oxygen atoms in total. The van der Waals surface area contributed by atoms with Crippen LogP contribution >= 0.6 is 0 Å². The number of carbonyl (C=O) groups is 4. The monoisotopic (exact) mass is 348 g/mol. The molecule has 1 aliphatic rings. The minimum atomic E-state index is -1.02. The molecule has 0 aromatic carbocycles. The van der Waals surface area contributed by atoms with Crippen LogP contribution in [0.3, 0.4) is 0 Å². The van der Waals surface area contributed by atoms with Crippen LogP contribution in [0.4, 0.5) is 4.79 Å². The van der Waals surface area contributed by atoms with Crippen LogP contribution in [0.1, 0.15) is 18.1 Å². The van der Waals surface area contributed by atoms with E-state index in [4.69, 9.17) is 9.47 Å². The highest BCUT2D eigenvalue weighted by Crippen LogP contribution is 2.22. The molecule has 0 aliphatic carbocycles. The van der Waals surface area contributed by atoms with Gasteiger partial charge in [0.2, 0.25) is 11.8 Å². The predicted molar refractivity (Wildman–Crippen MR) is 86.5 cm³/mol. The summed E-state index contributed by atoms with van der Waals surface area (Å²) in [6.45, 7) is 5.24. The Bertz CT molecular complexity index is 667. The Balaban J connectivity index is 2.15. The highest BCUT2D eigenvalue weighted by atomic mass is 16.6. The van der Waals surface area contributed by atoms with Crippen LogP contribution in [0.2, 0.25) is 0 Å². The van der Waals surface area contributed by atoms with Crippen LogP contribution in [0.25, 0.3) is 0 Å². The maximum Gasteiger partial charge on any atom is 0.416 e. The van der Waals surface area contributed by atoms with E-state index in [1.165, 1.54) is 10.6 Å². The van der Waals surface area contributed by atoms with Crippen molar-refractivity contribution >= 4 is 23.9 Å². The fourth-order valence-electron chi connectivity index (χ4n) is 2.52. The number of hydrogen-bond donors (Lipinski definition) is 0. The molecule has 0 unspecified atom stereocenters. The number of rotatable bonds is 7. The summed E-state index contributed by atoms with van der Waals surface area (Å²) < 4.78 is 11.1. The number of nitrogens with zero attached hydrogens (tertiary/aromatic N) is 2. The lowest BCUT2D eigenvalue weighted by atomic mass is 9.89. The van der Waals surface area contributed by atoms with Gasteiger partial charge in [0.05, 0.1) is 12.5 Å². The molecule has 2 rings (SSSR count). The van der Waals surface area contributed by atoms with Crippen molar-refractivity contribution < 1.29 is 28.7 Å².